The monoisotopic (exact) mass is 238 g/mol. The number of carbonyl (C=O) groups excluding carboxylic acids is 1. The van der Waals surface area contributed by atoms with Crippen molar-refractivity contribution in [2.75, 3.05) is 6.61 Å². The molecule has 0 bridgehead atoms. The summed E-state index contributed by atoms with van der Waals surface area (Å²) in [6.45, 7) is 0.694. The molecule has 5 heteroatoms. The van der Waals surface area contributed by atoms with Crippen LogP contribution in [-0.2, 0) is 20.9 Å². The number of carboxylic acids is 1. The first-order valence-corrected chi connectivity index (χ1v) is 5.05. The van der Waals surface area contributed by atoms with Crippen LogP contribution in [0.2, 0.25) is 0 Å². The first-order valence-electron chi connectivity index (χ1n) is 5.05. The Balaban J connectivity index is 2.42. The number of carbonyl (C=O) groups is 2. The Hall–Kier alpha value is -1.72. The second-order valence-corrected chi connectivity index (χ2v) is 3.78. The maximum Gasteiger partial charge on any atom is 0.343 e. The van der Waals surface area contributed by atoms with Gasteiger partial charge in [-0.05, 0) is 12.5 Å². The fourth-order valence-electron chi connectivity index (χ4n) is 1.10. The van der Waals surface area contributed by atoms with Crippen molar-refractivity contribution in [1.29, 1.82) is 0 Å². The summed E-state index contributed by atoms with van der Waals surface area (Å²) in [7, 11) is 0. The van der Waals surface area contributed by atoms with Crippen molar-refractivity contribution < 1.29 is 24.5 Å². The molecule has 5 nitrogen and oxygen atoms in total. The quantitative estimate of drug-likeness (QED) is 0.709. The average Bonchev–Trinajstić information content (AvgIpc) is 2.30. The molecule has 0 saturated heterocycles. The van der Waals surface area contributed by atoms with E-state index in [1.807, 2.05) is 30.3 Å². The van der Waals surface area contributed by atoms with Crippen LogP contribution in [0.3, 0.4) is 0 Å². The summed E-state index contributed by atoms with van der Waals surface area (Å²) in [5.41, 5.74) is -1.52. The lowest BCUT2D eigenvalue weighted by molar-refractivity contribution is -0.165. The van der Waals surface area contributed by atoms with Crippen LogP contribution in [0.4, 0.5) is 0 Å². The van der Waals surface area contributed by atoms with Gasteiger partial charge in [0.05, 0.1) is 6.61 Å². The molecule has 0 fully saturated rings. The van der Waals surface area contributed by atoms with Crippen molar-refractivity contribution in [1.82, 2.24) is 0 Å². The number of carboxylic acid groups (broad SMARTS) is 1. The highest BCUT2D eigenvalue weighted by Gasteiger charge is 2.38. The van der Waals surface area contributed by atoms with Gasteiger partial charge in [0.1, 0.15) is 6.61 Å². The van der Waals surface area contributed by atoms with Crippen molar-refractivity contribution in [3.05, 3.63) is 35.9 Å². The largest absolute Gasteiger partial charge is 0.479 e. The first kappa shape index (κ1) is 13.3. The number of benzene rings is 1. The number of hydrogen-bond donors (Lipinski definition) is 2. The normalized spacial score (nSPS) is 14.0. The van der Waals surface area contributed by atoms with E-state index in [2.05, 4.69) is 0 Å². The zero-order chi connectivity index (χ0) is 12.9. The minimum absolute atomic E-state index is 0.197. The minimum atomic E-state index is -2.39. The molecule has 0 aliphatic carbocycles. The molecule has 0 saturated carbocycles. The topological polar surface area (TPSA) is 83.8 Å². The van der Waals surface area contributed by atoms with Crippen LogP contribution in [0.5, 0.6) is 0 Å². The molecule has 17 heavy (non-hydrogen) atoms. The standard InChI is InChI=1S/C12H14O5/c1-12(16,11(14)15)10(13)8-17-7-9-5-3-2-4-6-9/h2-6,16H,7-8H2,1H3,(H,14,15). The molecule has 0 aliphatic heterocycles. The Morgan fingerprint density at radius 1 is 1.29 bits per heavy atom. The number of aliphatic carboxylic acids is 1. The summed E-state index contributed by atoms with van der Waals surface area (Å²) < 4.78 is 5.05. The lowest BCUT2D eigenvalue weighted by Gasteiger charge is -2.15. The summed E-state index contributed by atoms with van der Waals surface area (Å²) in [4.78, 5) is 21.9. The van der Waals surface area contributed by atoms with E-state index >= 15 is 0 Å². The van der Waals surface area contributed by atoms with Crippen molar-refractivity contribution in [3.63, 3.8) is 0 Å². The second-order valence-electron chi connectivity index (χ2n) is 3.78. The summed E-state index contributed by atoms with van der Waals surface area (Å²) in [5.74, 6) is -2.45. The summed E-state index contributed by atoms with van der Waals surface area (Å²) in [5, 5.41) is 17.9. The van der Waals surface area contributed by atoms with E-state index in [9.17, 15) is 14.7 Å². The van der Waals surface area contributed by atoms with Crippen molar-refractivity contribution >= 4 is 11.8 Å². The Bertz CT molecular complexity index is 397. The Kier molecular flexibility index (Phi) is 4.37. The minimum Gasteiger partial charge on any atom is -0.479 e. The molecule has 1 aromatic carbocycles. The first-order chi connectivity index (χ1) is 7.94. The van der Waals surface area contributed by atoms with Crippen LogP contribution in [0.15, 0.2) is 30.3 Å². The van der Waals surface area contributed by atoms with Gasteiger partial charge >= 0.3 is 5.97 Å². The third-order valence-corrected chi connectivity index (χ3v) is 2.30. The fourth-order valence-corrected chi connectivity index (χ4v) is 1.10. The molecule has 0 spiro atoms. The zero-order valence-electron chi connectivity index (χ0n) is 9.42. The van der Waals surface area contributed by atoms with Crippen LogP contribution in [0.25, 0.3) is 0 Å². The number of ketones is 1. The number of hydrogen-bond acceptors (Lipinski definition) is 4. The van der Waals surface area contributed by atoms with Crippen molar-refractivity contribution in [2.24, 2.45) is 0 Å². The van der Waals surface area contributed by atoms with Crippen LogP contribution < -0.4 is 0 Å². The molecule has 2 N–H and O–H groups in total. The molecular formula is C12H14O5. The molecule has 0 amide bonds. The lowest BCUT2D eigenvalue weighted by atomic mass is 10.0. The maximum absolute atomic E-state index is 11.3. The molecule has 1 rings (SSSR count). The van der Waals surface area contributed by atoms with Gasteiger partial charge < -0.3 is 14.9 Å². The second kappa shape index (κ2) is 5.56. The third-order valence-electron chi connectivity index (χ3n) is 2.30. The van der Waals surface area contributed by atoms with Gasteiger partial charge in [0.25, 0.3) is 0 Å². The van der Waals surface area contributed by atoms with Gasteiger partial charge in [-0.25, -0.2) is 4.79 Å². The molecule has 1 atom stereocenters. The number of aliphatic hydroxyl groups is 1. The van der Waals surface area contributed by atoms with E-state index in [1.165, 1.54) is 0 Å². The summed E-state index contributed by atoms with van der Waals surface area (Å²) >= 11 is 0. The van der Waals surface area contributed by atoms with Gasteiger partial charge in [0.2, 0.25) is 11.4 Å². The molecule has 0 heterocycles. The molecule has 0 radical (unpaired) electrons. The Morgan fingerprint density at radius 2 is 1.88 bits per heavy atom. The molecule has 0 aromatic heterocycles. The molecule has 1 aromatic rings. The van der Waals surface area contributed by atoms with Crippen molar-refractivity contribution in [3.8, 4) is 0 Å². The Morgan fingerprint density at radius 3 is 2.41 bits per heavy atom. The predicted octanol–water partition coefficient (Wildman–Crippen LogP) is 0.608. The molecule has 0 aliphatic rings. The van der Waals surface area contributed by atoms with E-state index in [0.717, 1.165) is 12.5 Å². The van der Waals surface area contributed by atoms with E-state index in [1.54, 1.807) is 0 Å². The van der Waals surface area contributed by atoms with Crippen LogP contribution in [0, 0.1) is 0 Å². The van der Waals surface area contributed by atoms with E-state index in [-0.39, 0.29) is 6.61 Å². The average molecular weight is 238 g/mol. The van der Waals surface area contributed by atoms with Gasteiger partial charge in [-0.2, -0.15) is 0 Å². The number of Topliss-reactive ketones (excluding diaryl/α,β-unsaturated/α-hetero) is 1. The zero-order valence-corrected chi connectivity index (χ0v) is 9.42. The summed E-state index contributed by atoms with van der Waals surface area (Å²) in [6.07, 6.45) is 0. The molecular weight excluding hydrogens is 224 g/mol. The summed E-state index contributed by atoms with van der Waals surface area (Å²) in [6, 6.07) is 9.14. The van der Waals surface area contributed by atoms with E-state index < -0.39 is 24.0 Å². The van der Waals surface area contributed by atoms with Gasteiger partial charge in [0.15, 0.2) is 0 Å². The SMILES string of the molecule is CC(O)(C(=O)O)C(=O)COCc1ccccc1. The van der Waals surface area contributed by atoms with Gasteiger partial charge in [-0.3, -0.25) is 4.79 Å². The number of ether oxygens (including phenoxy) is 1. The number of rotatable bonds is 6. The highest BCUT2D eigenvalue weighted by atomic mass is 16.5. The Labute approximate surface area is 98.6 Å². The molecule has 1 unspecified atom stereocenters. The predicted molar refractivity (Wildman–Crippen MR) is 59.4 cm³/mol. The van der Waals surface area contributed by atoms with Crippen LogP contribution >= 0.6 is 0 Å². The highest BCUT2D eigenvalue weighted by Crippen LogP contribution is 2.07. The highest BCUT2D eigenvalue weighted by molar-refractivity contribution is 6.06. The van der Waals surface area contributed by atoms with Crippen molar-refractivity contribution in [2.45, 2.75) is 19.1 Å². The smallest absolute Gasteiger partial charge is 0.343 e. The van der Waals surface area contributed by atoms with Gasteiger partial charge in [0, 0.05) is 0 Å². The third kappa shape index (κ3) is 3.65. The lowest BCUT2D eigenvalue weighted by Crippen LogP contribution is -2.45. The van der Waals surface area contributed by atoms with Gasteiger partial charge in [-0.1, -0.05) is 30.3 Å². The van der Waals surface area contributed by atoms with Crippen LogP contribution in [0.1, 0.15) is 12.5 Å². The van der Waals surface area contributed by atoms with E-state index in [4.69, 9.17) is 9.84 Å². The van der Waals surface area contributed by atoms with E-state index in [0.29, 0.717) is 0 Å². The van der Waals surface area contributed by atoms with Crippen LogP contribution in [-0.4, -0.2) is 34.2 Å². The maximum atomic E-state index is 11.3. The van der Waals surface area contributed by atoms with Gasteiger partial charge in [-0.15, -0.1) is 0 Å². The fraction of sp³-hybridized carbons (Fsp3) is 0.333. The molecule has 92 valence electrons.